The zero-order valence-electron chi connectivity index (χ0n) is 12.0. The van der Waals surface area contributed by atoms with Gasteiger partial charge in [0.2, 0.25) is 0 Å². The number of amides is 2. The van der Waals surface area contributed by atoms with Crippen LogP contribution in [0.2, 0.25) is 0 Å². The normalized spacial score (nSPS) is 10.8. The van der Waals surface area contributed by atoms with Crippen LogP contribution in [0.3, 0.4) is 0 Å². The Bertz CT molecular complexity index is 475. The zero-order chi connectivity index (χ0) is 15.3. The second-order valence-electron chi connectivity index (χ2n) is 5.20. The summed E-state index contributed by atoms with van der Waals surface area (Å²) in [4.78, 5) is 24.5. The molecule has 1 aromatic carbocycles. The molecule has 0 saturated heterocycles. The van der Waals surface area contributed by atoms with Crippen molar-refractivity contribution in [1.82, 2.24) is 4.90 Å². The quantitative estimate of drug-likeness (QED) is 0.902. The first kappa shape index (κ1) is 15.8. The summed E-state index contributed by atoms with van der Waals surface area (Å²) in [7, 11) is 1.19. The largest absolute Gasteiger partial charge is 0.508 e. The summed E-state index contributed by atoms with van der Waals surface area (Å²) in [5, 5.41) is 9.21. The van der Waals surface area contributed by atoms with E-state index in [9.17, 15) is 14.7 Å². The molecular weight excluding hydrogens is 262 g/mol. The van der Waals surface area contributed by atoms with Crippen LogP contribution in [-0.2, 0) is 16.0 Å². The first-order valence-corrected chi connectivity index (χ1v) is 6.09. The molecule has 110 valence electrons. The van der Waals surface area contributed by atoms with Crippen molar-refractivity contribution >= 4 is 12.2 Å². The Balaban J connectivity index is 2.87. The van der Waals surface area contributed by atoms with Gasteiger partial charge >= 0.3 is 12.2 Å². The van der Waals surface area contributed by atoms with Crippen molar-refractivity contribution in [3.8, 4) is 5.75 Å². The molecule has 1 N–H and O–H groups in total. The molecule has 2 amide bonds. The lowest BCUT2D eigenvalue weighted by Gasteiger charge is -2.25. The van der Waals surface area contributed by atoms with E-state index in [1.54, 1.807) is 32.9 Å². The molecule has 0 spiro atoms. The summed E-state index contributed by atoms with van der Waals surface area (Å²) >= 11 is 0. The minimum atomic E-state index is -0.799. The Kier molecular flexibility index (Phi) is 4.96. The molecule has 6 heteroatoms. The minimum Gasteiger partial charge on any atom is -0.508 e. The maximum Gasteiger partial charge on any atom is 0.420 e. The number of rotatable bonds is 2. The molecule has 0 radical (unpaired) electrons. The average Bonchev–Trinajstić information content (AvgIpc) is 2.35. The first-order chi connectivity index (χ1) is 9.23. The van der Waals surface area contributed by atoms with Gasteiger partial charge in [0.1, 0.15) is 11.4 Å². The molecule has 6 nitrogen and oxygen atoms in total. The highest BCUT2D eigenvalue weighted by Crippen LogP contribution is 2.15. The number of carbonyl (C=O) groups is 2. The lowest BCUT2D eigenvalue weighted by atomic mass is 10.2. The van der Waals surface area contributed by atoms with Crippen LogP contribution < -0.4 is 0 Å². The molecule has 0 aliphatic heterocycles. The van der Waals surface area contributed by atoms with Gasteiger partial charge in [0.05, 0.1) is 13.7 Å². The second-order valence-corrected chi connectivity index (χ2v) is 5.20. The molecule has 0 unspecified atom stereocenters. The number of nitrogens with zero attached hydrogens (tertiary/aromatic N) is 1. The van der Waals surface area contributed by atoms with Crippen LogP contribution in [0, 0.1) is 0 Å². The second kappa shape index (κ2) is 6.27. The van der Waals surface area contributed by atoms with Crippen molar-refractivity contribution < 1.29 is 24.2 Å². The molecule has 1 aromatic rings. The third-order valence-electron chi connectivity index (χ3n) is 2.29. The fourth-order valence-electron chi connectivity index (χ4n) is 1.41. The van der Waals surface area contributed by atoms with E-state index in [-0.39, 0.29) is 12.3 Å². The van der Waals surface area contributed by atoms with Crippen molar-refractivity contribution in [1.29, 1.82) is 0 Å². The Morgan fingerprint density at radius 1 is 1.15 bits per heavy atom. The van der Waals surface area contributed by atoms with Crippen molar-refractivity contribution in [2.45, 2.75) is 32.9 Å². The van der Waals surface area contributed by atoms with Gasteiger partial charge in [0.15, 0.2) is 0 Å². The molecule has 0 bridgehead atoms. The highest BCUT2D eigenvalue weighted by molar-refractivity contribution is 5.87. The van der Waals surface area contributed by atoms with E-state index >= 15 is 0 Å². The Morgan fingerprint density at radius 3 is 2.15 bits per heavy atom. The lowest BCUT2D eigenvalue weighted by Crippen LogP contribution is -2.40. The predicted octanol–water partition coefficient (Wildman–Crippen LogP) is 2.90. The third kappa shape index (κ3) is 4.79. The summed E-state index contributed by atoms with van der Waals surface area (Å²) < 4.78 is 9.74. The fraction of sp³-hybridized carbons (Fsp3) is 0.429. The molecule has 0 aliphatic rings. The standard InChI is InChI=1S/C14H19NO5/c1-14(2,3)20-13(18)15(12(17)19-4)9-10-5-7-11(16)8-6-10/h5-8,16H,9H2,1-4H3. The number of phenols is 1. The van der Waals surface area contributed by atoms with Crippen LogP contribution in [0.15, 0.2) is 24.3 Å². The van der Waals surface area contributed by atoms with Gasteiger partial charge in [0.25, 0.3) is 0 Å². The van der Waals surface area contributed by atoms with E-state index in [2.05, 4.69) is 4.74 Å². The van der Waals surface area contributed by atoms with Crippen molar-refractivity contribution in [3.05, 3.63) is 29.8 Å². The zero-order valence-corrected chi connectivity index (χ0v) is 12.0. The summed E-state index contributed by atoms with van der Waals surface area (Å²) in [6, 6.07) is 6.16. The van der Waals surface area contributed by atoms with Crippen LogP contribution in [0.1, 0.15) is 26.3 Å². The predicted molar refractivity (Wildman–Crippen MR) is 72.3 cm³/mol. The number of benzene rings is 1. The topological polar surface area (TPSA) is 76.1 Å². The molecule has 0 heterocycles. The number of hydrogen-bond acceptors (Lipinski definition) is 5. The summed E-state index contributed by atoms with van der Waals surface area (Å²) in [6.45, 7) is 5.13. The minimum absolute atomic E-state index is 0.00185. The molecule has 0 aliphatic carbocycles. The number of ether oxygens (including phenoxy) is 2. The van der Waals surface area contributed by atoms with E-state index in [1.807, 2.05) is 0 Å². The number of phenolic OH excluding ortho intramolecular Hbond substituents is 1. The third-order valence-corrected chi connectivity index (χ3v) is 2.29. The van der Waals surface area contributed by atoms with Crippen LogP contribution >= 0.6 is 0 Å². The fourth-order valence-corrected chi connectivity index (χ4v) is 1.41. The Labute approximate surface area is 117 Å². The van der Waals surface area contributed by atoms with Gasteiger partial charge in [-0.1, -0.05) is 12.1 Å². The SMILES string of the molecule is COC(=O)N(Cc1ccc(O)cc1)C(=O)OC(C)(C)C. The Morgan fingerprint density at radius 2 is 1.70 bits per heavy atom. The van der Waals surface area contributed by atoms with E-state index in [0.717, 1.165) is 4.90 Å². The monoisotopic (exact) mass is 281 g/mol. The summed E-state index contributed by atoms with van der Waals surface area (Å²) in [5.74, 6) is 0.107. The smallest absolute Gasteiger partial charge is 0.420 e. The van der Waals surface area contributed by atoms with Gasteiger partial charge in [-0.3, -0.25) is 0 Å². The van der Waals surface area contributed by atoms with Gasteiger partial charge in [0, 0.05) is 0 Å². The summed E-state index contributed by atoms with van der Waals surface area (Å²) in [6.07, 6.45) is -1.58. The Hall–Kier alpha value is -2.24. The van der Waals surface area contributed by atoms with Gasteiger partial charge in [-0.25, -0.2) is 14.5 Å². The molecular formula is C14H19NO5. The van der Waals surface area contributed by atoms with Crippen molar-refractivity contribution in [2.24, 2.45) is 0 Å². The van der Waals surface area contributed by atoms with E-state index in [4.69, 9.17) is 4.74 Å². The maximum absolute atomic E-state index is 12.0. The highest BCUT2D eigenvalue weighted by Gasteiger charge is 2.28. The summed E-state index contributed by atoms with van der Waals surface area (Å²) in [5.41, 5.74) is -0.0442. The number of imide groups is 1. The highest BCUT2D eigenvalue weighted by atomic mass is 16.6. The average molecular weight is 281 g/mol. The molecule has 0 aromatic heterocycles. The lowest BCUT2D eigenvalue weighted by molar-refractivity contribution is 0.0231. The van der Waals surface area contributed by atoms with Gasteiger partial charge in [-0.2, -0.15) is 0 Å². The van der Waals surface area contributed by atoms with Crippen LogP contribution in [0.25, 0.3) is 0 Å². The number of methoxy groups -OCH3 is 1. The van der Waals surface area contributed by atoms with Gasteiger partial charge in [-0.05, 0) is 38.5 Å². The first-order valence-electron chi connectivity index (χ1n) is 6.09. The van der Waals surface area contributed by atoms with E-state index in [1.165, 1.54) is 19.2 Å². The molecule has 0 fully saturated rings. The van der Waals surface area contributed by atoms with Gasteiger partial charge in [-0.15, -0.1) is 0 Å². The van der Waals surface area contributed by atoms with Crippen molar-refractivity contribution in [3.63, 3.8) is 0 Å². The molecule has 20 heavy (non-hydrogen) atoms. The number of aromatic hydroxyl groups is 1. The number of hydrogen-bond donors (Lipinski definition) is 1. The molecule has 0 atom stereocenters. The van der Waals surface area contributed by atoms with Crippen LogP contribution in [-0.4, -0.2) is 34.9 Å². The van der Waals surface area contributed by atoms with Gasteiger partial charge < -0.3 is 14.6 Å². The molecule has 1 rings (SSSR count). The van der Waals surface area contributed by atoms with Crippen LogP contribution in [0.4, 0.5) is 9.59 Å². The molecule has 0 saturated carbocycles. The van der Waals surface area contributed by atoms with E-state index < -0.39 is 17.8 Å². The number of carbonyl (C=O) groups excluding carboxylic acids is 2. The maximum atomic E-state index is 12.0. The van der Waals surface area contributed by atoms with E-state index in [0.29, 0.717) is 5.56 Å². The van der Waals surface area contributed by atoms with Crippen molar-refractivity contribution in [2.75, 3.05) is 7.11 Å². The van der Waals surface area contributed by atoms with Crippen LogP contribution in [0.5, 0.6) is 5.75 Å².